The van der Waals surface area contributed by atoms with Gasteiger partial charge in [0, 0.05) is 41.0 Å². The van der Waals surface area contributed by atoms with E-state index in [1.807, 2.05) is 0 Å². The standard InChI is InChI=1S/C34H41ClNO/c1-22-12-16-28-26(20-22)33(3,4)30(36(28)7)18-14-24-10-9-11-25(32(24)35)15-19-31-34(5,6)27-21-23(2)13-17-29(27)37(31)8/h12-21,31H,9-11H2,1-8H3/q+1/b19-15+,24-14+,30-18-. The lowest BCUT2D eigenvalue weighted by atomic mass is 9.80. The van der Waals surface area contributed by atoms with Gasteiger partial charge in [-0.3, -0.25) is 0 Å². The van der Waals surface area contributed by atoms with Crippen LogP contribution in [0.2, 0.25) is 0 Å². The molecule has 5 rings (SSSR count). The van der Waals surface area contributed by atoms with Crippen LogP contribution in [-0.2, 0) is 15.2 Å². The van der Waals surface area contributed by atoms with Crippen LogP contribution in [0.3, 0.4) is 0 Å². The van der Waals surface area contributed by atoms with E-state index in [1.54, 1.807) is 0 Å². The average Bonchev–Trinajstić information content (AvgIpc) is 3.15. The molecular formula is C34H41ClNO+. The van der Waals surface area contributed by atoms with E-state index in [-0.39, 0.29) is 16.9 Å². The van der Waals surface area contributed by atoms with Crippen LogP contribution in [0, 0.1) is 13.8 Å². The normalized spacial score (nSPS) is 24.5. The van der Waals surface area contributed by atoms with Crippen molar-refractivity contribution >= 4 is 17.3 Å². The molecule has 1 atom stereocenters. The third-order valence-corrected chi connectivity index (χ3v) is 9.31. The van der Waals surface area contributed by atoms with Crippen molar-refractivity contribution in [1.82, 2.24) is 0 Å². The number of benzene rings is 2. The topological polar surface area (TPSA) is 5.94 Å². The fraction of sp³-hybridized carbons (Fsp3) is 0.412. The first kappa shape index (κ1) is 25.9. The minimum Gasteiger partial charge on any atom is -0.568 e. The van der Waals surface area contributed by atoms with Crippen molar-refractivity contribution in [3.05, 3.63) is 105 Å². The fourth-order valence-electron chi connectivity index (χ4n) is 6.56. The van der Waals surface area contributed by atoms with Crippen molar-refractivity contribution in [1.29, 1.82) is 0 Å². The Morgan fingerprint density at radius 2 is 1.62 bits per heavy atom. The molecule has 0 N–H and O–H groups in total. The molecule has 2 nitrogen and oxygen atoms in total. The number of allylic oxidation sites excluding steroid dienone is 7. The number of hydrogen-bond acceptors (Lipinski definition) is 1. The van der Waals surface area contributed by atoms with Gasteiger partial charge in [-0.05, 0) is 81.9 Å². The van der Waals surface area contributed by atoms with Crippen molar-refractivity contribution in [3.63, 3.8) is 0 Å². The second-order valence-corrected chi connectivity index (χ2v) is 12.6. The lowest BCUT2D eigenvalue weighted by molar-refractivity contribution is -0.0541. The zero-order chi connectivity index (χ0) is 26.7. The molecular weight excluding hydrogens is 474 g/mol. The molecule has 0 radical (unpaired) electrons. The SMILES string of the molecule is Cc1ccc2c(c1)C(C)(C)/C(=C/C=C1\CCCC(/C=C/C3[O+](C)c4ccc(C)cc4C3(C)C)=C1Cl)N2C. The number of anilines is 1. The summed E-state index contributed by atoms with van der Waals surface area (Å²) in [6.07, 6.45) is 12.6. The van der Waals surface area contributed by atoms with Crippen molar-refractivity contribution in [2.45, 2.75) is 77.7 Å². The van der Waals surface area contributed by atoms with Crippen LogP contribution in [-0.4, -0.2) is 20.3 Å². The average molecular weight is 515 g/mol. The molecule has 0 amide bonds. The molecule has 2 aliphatic heterocycles. The number of fused-ring (bicyclic) bond motifs is 2. The van der Waals surface area contributed by atoms with Gasteiger partial charge in [0.1, 0.15) is 0 Å². The van der Waals surface area contributed by atoms with Crippen LogP contribution >= 0.6 is 11.6 Å². The molecule has 3 aliphatic rings. The summed E-state index contributed by atoms with van der Waals surface area (Å²) in [6.45, 7) is 13.7. The third-order valence-electron chi connectivity index (χ3n) is 8.83. The Kier molecular flexibility index (Phi) is 6.47. The molecule has 1 unspecified atom stereocenters. The fourth-order valence-corrected chi connectivity index (χ4v) is 6.87. The van der Waals surface area contributed by atoms with Gasteiger partial charge in [-0.15, -0.1) is 0 Å². The van der Waals surface area contributed by atoms with E-state index in [0.29, 0.717) is 0 Å². The predicted octanol–water partition coefficient (Wildman–Crippen LogP) is 9.33. The maximum Gasteiger partial charge on any atom is 0.259 e. The molecule has 3 heteroatoms. The van der Waals surface area contributed by atoms with Crippen LogP contribution in [0.15, 0.2) is 82.6 Å². The summed E-state index contributed by atoms with van der Waals surface area (Å²) in [5, 5.41) is 0.919. The predicted molar refractivity (Wildman–Crippen MR) is 159 cm³/mol. The summed E-state index contributed by atoms with van der Waals surface area (Å²) in [5.41, 5.74) is 10.5. The summed E-state index contributed by atoms with van der Waals surface area (Å²) < 4.78 is 3.37. The number of likely N-dealkylation sites (N-methyl/N-ethyl adjacent to an activating group) is 1. The summed E-state index contributed by atoms with van der Waals surface area (Å²) in [4.78, 5) is 2.34. The van der Waals surface area contributed by atoms with Crippen molar-refractivity contribution in [2.24, 2.45) is 0 Å². The van der Waals surface area contributed by atoms with Gasteiger partial charge < -0.3 is 9.27 Å². The number of hydrogen-bond donors (Lipinski definition) is 0. The van der Waals surface area contributed by atoms with Crippen LogP contribution in [0.4, 0.5) is 5.69 Å². The molecule has 0 aromatic heterocycles. The summed E-state index contributed by atoms with van der Waals surface area (Å²) in [7, 11) is 4.31. The third kappa shape index (κ3) is 4.28. The van der Waals surface area contributed by atoms with Crippen molar-refractivity contribution < 1.29 is 4.37 Å². The highest BCUT2D eigenvalue weighted by molar-refractivity contribution is 6.32. The highest BCUT2D eigenvalue weighted by Gasteiger charge is 2.48. The van der Waals surface area contributed by atoms with E-state index in [0.717, 1.165) is 24.3 Å². The summed E-state index contributed by atoms with van der Waals surface area (Å²) >= 11 is 7.05. The summed E-state index contributed by atoms with van der Waals surface area (Å²) in [6, 6.07) is 13.5. The monoisotopic (exact) mass is 514 g/mol. The molecule has 0 bridgehead atoms. The Morgan fingerprint density at radius 1 is 0.946 bits per heavy atom. The zero-order valence-corrected chi connectivity index (χ0v) is 24.5. The number of nitrogens with zero attached hydrogens (tertiary/aromatic N) is 1. The van der Waals surface area contributed by atoms with Gasteiger partial charge in [-0.2, -0.15) is 0 Å². The first-order valence-corrected chi connectivity index (χ1v) is 13.9. The minimum atomic E-state index is -0.0377. The van der Waals surface area contributed by atoms with E-state index < -0.39 is 0 Å². The molecule has 0 saturated carbocycles. The maximum atomic E-state index is 7.05. The van der Waals surface area contributed by atoms with Crippen LogP contribution in [0.5, 0.6) is 5.75 Å². The van der Waals surface area contributed by atoms with Gasteiger partial charge in [-0.1, -0.05) is 66.9 Å². The van der Waals surface area contributed by atoms with Gasteiger partial charge in [0.25, 0.3) is 5.75 Å². The van der Waals surface area contributed by atoms with Crippen LogP contribution < -0.4 is 4.90 Å². The van der Waals surface area contributed by atoms with Crippen LogP contribution in [0.1, 0.15) is 69.2 Å². The highest BCUT2D eigenvalue weighted by Crippen LogP contribution is 2.51. The quantitative estimate of drug-likeness (QED) is 0.369. The van der Waals surface area contributed by atoms with E-state index in [2.05, 4.69) is 126 Å². The Morgan fingerprint density at radius 3 is 2.35 bits per heavy atom. The lowest BCUT2D eigenvalue weighted by Crippen LogP contribution is -2.31. The molecule has 2 heterocycles. The van der Waals surface area contributed by atoms with Gasteiger partial charge in [0.15, 0.2) is 7.11 Å². The van der Waals surface area contributed by atoms with Crippen molar-refractivity contribution in [3.8, 4) is 5.75 Å². The van der Waals surface area contributed by atoms with E-state index in [9.17, 15) is 0 Å². The van der Waals surface area contributed by atoms with E-state index in [4.69, 9.17) is 11.6 Å². The minimum absolute atomic E-state index is 0.00800. The van der Waals surface area contributed by atoms with Gasteiger partial charge in [-0.25, -0.2) is 0 Å². The van der Waals surface area contributed by atoms with Gasteiger partial charge in [0.2, 0.25) is 6.10 Å². The molecule has 1 aliphatic carbocycles. The lowest BCUT2D eigenvalue weighted by Gasteiger charge is -2.27. The second kappa shape index (κ2) is 9.24. The Labute approximate surface area is 228 Å². The Balaban J connectivity index is 1.43. The molecule has 2 aromatic carbocycles. The van der Waals surface area contributed by atoms with E-state index >= 15 is 0 Å². The highest BCUT2D eigenvalue weighted by atomic mass is 35.5. The molecule has 0 saturated heterocycles. The largest absolute Gasteiger partial charge is 0.568 e. The Hall–Kier alpha value is -2.71. The van der Waals surface area contributed by atoms with Crippen molar-refractivity contribution in [2.75, 3.05) is 19.1 Å². The summed E-state index contributed by atoms with van der Waals surface area (Å²) in [5.74, 6) is 1.25. The van der Waals surface area contributed by atoms with Gasteiger partial charge >= 0.3 is 0 Å². The second-order valence-electron chi connectivity index (χ2n) is 12.2. The molecule has 0 spiro atoms. The first-order chi connectivity index (χ1) is 17.4. The van der Waals surface area contributed by atoms with E-state index in [1.165, 1.54) is 50.5 Å². The first-order valence-electron chi connectivity index (χ1n) is 13.5. The molecule has 194 valence electrons. The number of rotatable bonds is 3. The molecule has 2 aromatic rings. The van der Waals surface area contributed by atoms with Crippen LogP contribution in [0.25, 0.3) is 0 Å². The number of halogens is 1. The zero-order valence-electron chi connectivity index (χ0n) is 23.7. The van der Waals surface area contributed by atoms with Gasteiger partial charge in [0.05, 0.1) is 11.0 Å². The number of aryl methyl sites for hydroxylation is 2. The maximum absolute atomic E-state index is 7.05. The Bertz CT molecular complexity index is 1370. The molecule has 0 fully saturated rings. The smallest absolute Gasteiger partial charge is 0.259 e. The molecule has 37 heavy (non-hydrogen) atoms.